The Labute approximate surface area is 137 Å². The maximum atomic E-state index is 12.8. The average molecular weight is 318 g/mol. The Morgan fingerprint density at radius 1 is 1.39 bits per heavy atom. The van der Waals surface area contributed by atoms with Crippen molar-refractivity contribution in [3.05, 3.63) is 23.8 Å². The van der Waals surface area contributed by atoms with Gasteiger partial charge >= 0.3 is 0 Å². The molecule has 1 aromatic rings. The van der Waals surface area contributed by atoms with E-state index in [0.29, 0.717) is 12.5 Å². The Bertz CT molecular complexity index is 565. The van der Waals surface area contributed by atoms with Crippen molar-refractivity contribution in [2.75, 3.05) is 26.8 Å². The number of carbonyl (C=O) groups excluding carboxylic acids is 1. The quantitative estimate of drug-likeness (QED) is 0.923. The van der Waals surface area contributed by atoms with E-state index >= 15 is 0 Å². The third kappa shape index (κ3) is 3.44. The number of ether oxygens (including phenoxy) is 2. The summed E-state index contributed by atoms with van der Waals surface area (Å²) >= 11 is 0. The van der Waals surface area contributed by atoms with Crippen LogP contribution < -0.4 is 15.2 Å². The third-order valence-electron chi connectivity index (χ3n) is 5.12. The van der Waals surface area contributed by atoms with Crippen LogP contribution in [0.25, 0.3) is 0 Å². The fraction of sp³-hybridized carbons (Fsp3) is 0.611. The van der Waals surface area contributed by atoms with Gasteiger partial charge in [0, 0.05) is 19.1 Å². The van der Waals surface area contributed by atoms with Gasteiger partial charge in [-0.3, -0.25) is 4.79 Å². The van der Waals surface area contributed by atoms with Gasteiger partial charge in [-0.05, 0) is 55.9 Å². The number of nitrogens with zero attached hydrogens (tertiary/aromatic N) is 1. The van der Waals surface area contributed by atoms with Gasteiger partial charge in [-0.1, -0.05) is 0 Å². The second kappa shape index (κ2) is 6.79. The van der Waals surface area contributed by atoms with E-state index in [1.165, 1.54) is 0 Å². The first kappa shape index (κ1) is 16.1. The summed E-state index contributed by atoms with van der Waals surface area (Å²) in [5.74, 6) is 2.32. The molecule has 5 heteroatoms. The lowest BCUT2D eigenvalue weighted by Crippen LogP contribution is -2.46. The molecule has 0 aliphatic carbocycles. The minimum atomic E-state index is -0.0959. The van der Waals surface area contributed by atoms with Crippen molar-refractivity contribution in [2.24, 2.45) is 17.6 Å². The molecular formula is C18H26N2O3. The third-order valence-corrected chi connectivity index (χ3v) is 5.12. The van der Waals surface area contributed by atoms with Crippen LogP contribution in [0.4, 0.5) is 0 Å². The second-order valence-electron chi connectivity index (χ2n) is 6.71. The average Bonchev–Trinajstić information content (AvgIpc) is 2.60. The molecule has 2 N–H and O–H groups in total. The first-order chi connectivity index (χ1) is 11.1. The minimum absolute atomic E-state index is 0.0959. The molecule has 23 heavy (non-hydrogen) atoms. The van der Waals surface area contributed by atoms with E-state index in [9.17, 15) is 4.79 Å². The van der Waals surface area contributed by atoms with Crippen molar-refractivity contribution in [1.82, 2.24) is 4.90 Å². The highest BCUT2D eigenvalue weighted by Crippen LogP contribution is 2.32. The van der Waals surface area contributed by atoms with Crippen LogP contribution in [0.5, 0.6) is 11.5 Å². The maximum Gasteiger partial charge on any atom is 0.229 e. The normalized spacial score (nSPS) is 22.9. The van der Waals surface area contributed by atoms with Crippen LogP contribution in [0.1, 0.15) is 25.3 Å². The lowest BCUT2D eigenvalue weighted by atomic mass is 9.89. The molecule has 1 saturated heterocycles. The smallest absolute Gasteiger partial charge is 0.229 e. The molecule has 0 radical (unpaired) electrons. The van der Waals surface area contributed by atoms with E-state index in [4.69, 9.17) is 15.2 Å². The number of fused-ring (bicyclic) bond motifs is 1. The predicted molar refractivity (Wildman–Crippen MR) is 88.6 cm³/mol. The molecule has 0 saturated carbocycles. The van der Waals surface area contributed by atoms with Gasteiger partial charge in [0.1, 0.15) is 18.1 Å². The molecule has 3 rings (SSSR count). The van der Waals surface area contributed by atoms with E-state index in [2.05, 4.69) is 6.92 Å². The SMILES string of the molecule is COc1ccc2c(c1)CC(C(=O)N1CCC(C(C)N)CC1)CO2. The summed E-state index contributed by atoms with van der Waals surface area (Å²) in [5, 5.41) is 0. The molecule has 5 nitrogen and oxygen atoms in total. The molecule has 2 heterocycles. The van der Waals surface area contributed by atoms with E-state index in [1.54, 1.807) is 7.11 Å². The Morgan fingerprint density at radius 2 is 2.13 bits per heavy atom. The summed E-state index contributed by atoms with van der Waals surface area (Å²) in [4.78, 5) is 14.8. The number of nitrogens with two attached hydrogens (primary N) is 1. The Morgan fingerprint density at radius 3 is 2.78 bits per heavy atom. The van der Waals surface area contributed by atoms with Crippen molar-refractivity contribution >= 4 is 5.91 Å². The largest absolute Gasteiger partial charge is 0.497 e. The number of benzene rings is 1. The first-order valence-electron chi connectivity index (χ1n) is 8.42. The van der Waals surface area contributed by atoms with Gasteiger partial charge in [0.2, 0.25) is 5.91 Å². The monoisotopic (exact) mass is 318 g/mol. The topological polar surface area (TPSA) is 64.8 Å². The van der Waals surface area contributed by atoms with Crippen LogP contribution in [-0.4, -0.2) is 43.7 Å². The number of piperidine rings is 1. The van der Waals surface area contributed by atoms with E-state index in [1.807, 2.05) is 23.1 Å². The minimum Gasteiger partial charge on any atom is -0.497 e. The van der Waals surface area contributed by atoms with Crippen LogP contribution in [0.3, 0.4) is 0 Å². The molecule has 126 valence electrons. The van der Waals surface area contributed by atoms with Crippen molar-refractivity contribution in [3.63, 3.8) is 0 Å². The molecule has 2 aliphatic heterocycles. The highest BCUT2D eigenvalue weighted by atomic mass is 16.5. The lowest BCUT2D eigenvalue weighted by Gasteiger charge is -2.36. The van der Waals surface area contributed by atoms with E-state index in [-0.39, 0.29) is 17.9 Å². The first-order valence-corrected chi connectivity index (χ1v) is 8.42. The summed E-state index contributed by atoms with van der Waals surface area (Å²) in [5.41, 5.74) is 7.03. The summed E-state index contributed by atoms with van der Waals surface area (Å²) < 4.78 is 11.0. The van der Waals surface area contributed by atoms with Gasteiger partial charge < -0.3 is 20.1 Å². The van der Waals surface area contributed by atoms with Gasteiger partial charge in [0.05, 0.1) is 13.0 Å². The molecule has 0 bridgehead atoms. The fourth-order valence-electron chi connectivity index (χ4n) is 3.56. The van der Waals surface area contributed by atoms with Crippen LogP contribution >= 0.6 is 0 Å². The number of hydrogen-bond acceptors (Lipinski definition) is 4. The van der Waals surface area contributed by atoms with Gasteiger partial charge in [-0.2, -0.15) is 0 Å². The molecule has 1 aromatic carbocycles. The number of hydrogen-bond donors (Lipinski definition) is 1. The number of carbonyl (C=O) groups is 1. The maximum absolute atomic E-state index is 12.8. The number of likely N-dealkylation sites (tertiary alicyclic amines) is 1. The molecule has 1 fully saturated rings. The summed E-state index contributed by atoms with van der Waals surface area (Å²) in [6.07, 6.45) is 2.72. The molecule has 0 spiro atoms. The van der Waals surface area contributed by atoms with Gasteiger partial charge in [0.25, 0.3) is 0 Å². The molecular weight excluding hydrogens is 292 g/mol. The zero-order valence-electron chi connectivity index (χ0n) is 14.0. The van der Waals surface area contributed by atoms with Crippen LogP contribution in [-0.2, 0) is 11.2 Å². The predicted octanol–water partition coefficient (Wildman–Crippen LogP) is 1.83. The second-order valence-corrected chi connectivity index (χ2v) is 6.71. The molecule has 0 aromatic heterocycles. The van der Waals surface area contributed by atoms with Crippen molar-refractivity contribution in [2.45, 2.75) is 32.2 Å². The Kier molecular flexibility index (Phi) is 4.76. The van der Waals surface area contributed by atoms with Crippen molar-refractivity contribution < 1.29 is 14.3 Å². The zero-order chi connectivity index (χ0) is 16.4. The summed E-state index contributed by atoms with van der Waals surface area (Å²) in [6.45, 7) is 4.14. The number of methoxy groups -OCH3 is 1. The van der Waals surface area contributed by atoms with Gasteiger partial charge in [-0.25, -0.2) is 0 Å². The Hall–Kier alpha value is -1.75. The van der Waals surface area contributed by atoms with Crippen molar-refractivity contribution in [1.29, 1.82) is 0 Å². The molecule has 1 amide bonds. The molecule has 2 aliphatic rings. The summed E-state index contributed by atoms with van der Waals surface area (Å²) in [7, 11) is 1.65. The van der Waals surface area contributed by atoms with Gasteiger partial charge in [0.15, 0.2) is 0 Å². The lowest BCUT2D eigenvalue weighted by molar-refractivity contribution is -0.138. The van der Waals surface area contributed by atoms with Crippen molar-refractivity contribution in [3.8, 4) is 11.5 Å². The molecule has 2 atom stereocenters. The number of amides is 1. The van der Waals surface area contributed by atoms with Crippen LogP contribution in [0.2, 0.25) is 0 Å². The molecule has 2 unspecified atom stereocenters. The van der Waals surface area contributed by atoms with Crippen LogP contribution in [0.15, 0.2) is 18.2 Å². The highest BCUT2D eigenvalue weighted by Gasteiger charge is 2.32. The fourth-order valence-corrected chi connectivity index (χ4v) is 3.56. The van der Waals surface area contributed by atoms with E-state index in [0.717, 1.165) is 49.4 Å². The standard InChI is InChI=1S/C18H26N2O3/c1-12(19)13-5-7-20(8-6-13)18(21)15-9-14-10-16(22-2)3-4-17(14)23-11-15/h3-4,10,12-13,15H,5-9,11,19H2,1-2H3. The zero-order valence-corrected chi connectivity index (χ0v) is 14.0. The van der Waals surface area contributed by atoms with Crippen LogP contribution in [0, 0.1) is 11.8 Å². The Balaban J connectivity index is 1.63. The summed E-state index contributed by atoms with van der Waals surface area (Å²) in [6, 6.07) is 5.99. The highest BCUT2D eigenvalue weighted by molar-refractivity contribution is 5.80. The number of rotatable bonds is 3. The van der Waals surface area contributed by atoms with Gasteiger partial charge in [-0.15, -0.1) is 0 Å². The van der Waals surface area contributed by atoms with E-state index < -0.39 is 0 Å².